The zero-order valence-corrected chi connectivity index (χ0v) is 8.43. The summed E-state index contributed by atoms with van der Waals surface area (Å²) in [4.78, 5) is 0. The summed E-state index contributed by atoms with van der Waals surface area (Å²) in [5, 5.41) is 12.6. The van der Waals surface area contributed by atoms with E-state index in [1.54, 1.807) is 0 Å². The van der Waals surface area contributed by atoms with E-state index < -0.39 is 0 Å². The molecule has 72 valence electrons. The summed E-state index contributed by atoms with van der Waals surface area (Å²) in [6.07, 6.45) is 0.764. The van der Waals surface area contributed by atoms with Crippen LogP contribution in [0.25, 0.3) is 0 Å². The predicted molar refractivity (Wildman–Crippen MR) is 53.1 cm³/mol. The van der Waals surface area contributed by atoms with Crippen LogP contribution in [-0.4, -0.2) is 24.3 Å². The van der Waals surface area contributed by atoms with Crippen LogP contribution in [0.15, 0.2) is 12.2 Å². The summed E-state index contributed by atoms with van der Waals surface area (Å²) in [6.45, 7) is 11.5. The molecular weight excluding hydrogens is 150 g/mol. The van der Waals surface area contributed by atoms with E-state index in [4.69, 9.17) is 0 Å². The van der Waals surface area contributed by atoms with E-state index in [0.717, 1.165) is 13.0 Å². The molecule has 0 saturated heterocycles. The number of hydrogen-bond donors (Lipinski definition) is 2. The first kappa shape index (κ1) is 11.7. The summed E-state index contributed by atoms with van der Waals surface area (Å²) >= 11 is 0. The average Bonchev–Trinajstić information content (AvgIpc) is 1.97. The van der Waals surface area contributed by atoms with Crippen LogP contribution in [0.1, 0.15) is 27.2 Å². The van der Waals surface area contributed by atoms with Gasteiger partial charge in [-0.1, -0.05) is 19.4 Å². The first-order chi connectivity index (χ1) is 5.54. The van der Waals surface area contributed by atoms with Gasteiger partial charge in [-0.05, 0) is 25.8 Å². The van der Waals surface area contributed by atoms with E-state index in [9.17, 15) is 5.11 Å². The molecule has 0 aromatic carbocycles. The van der Waals surface area contributed by atoms with Crippen molar-refractivity contribution < 1.29 is 5.11 Å². The molecule has 2 nitrogen and oxygen atoms in total. The third kappa shape index (κ3) is 6.38. The third-order valence-electron chi connectivity index (χ3n) is 1.85. The van der Waals surface area contributed by atoms with Crippen molar-refractivity contribution >= 4 is 0 Å². The lowest BCUT2D eigenvalue weighted by molar-refractivity contribution is 0.124. The summed E-state index contributed by atoms with van der Waals surface area (Å²) in [5.74, 6) is 0.335. The van der Waals surface area contributed by atoms with Gasteiger partial charge < -0.3 is 10.4 Å². The summed E-state index contributed by atoms with van der Waals surface area (Å²) in [5.41, 5.74) is 1.18. The zero-order chi connectivity index (χ0) is 9.56. The second kappa shape index (κ2) is 6.21. The standard InChI is InChI=1S/C10H21NO/c1-8(2)5-6-11-7-10(12)9(3)4/h9-12H,1,5-7H2,2-4H3. The van der Waals surface area contributed by atoms with E-state index in [-0.39, 0.29) is 6.10 Å². The van der Waals surface area contributed by atoms with Crippen LogP contribution in [0, 0.1) is 5.92 Å². The first-order valence-corrected chi connectivity index (χ1v) is 4.57. The fourth-order valence-electron chi connectivity index (χ4n) is 0.787. The quantitative estimate of drug-likeness (QED) is 0.469. The van der Waals surface area contributed by atoms with Crippen LogP contribution >= 0.6 is 0 Å². The summed E-state index contributed by atoms with van der Waals surface area (Å²) in [7, 11) is 0. The van der Waals surface area contributed by atoms with Gasteiger partial charge in [0.1, 0.15) is 0 Å². The molecule has 1 unspecified atom stereocenters. The van der Waals surface area contributed by atoms with Crippen LogP contribution in [0.5, 0.6) is 0 Å². The number of aliphatic hydroxyl groups excluding tert-OH is 1. The fourth-order valence-corrected chi connectivity index (χ4v) is 0.787. The molecule has 1 atom stereocenters. The minimum absolute atomic E-state index is 0.227. The molecule has 0 aromatic heterocycles. The molecular formula is C10H21NO. The van der Waals surface area contributed by atoms with Crippen molar-refractivity contribution in [2.45, 2.75) is 33.3 Å². The van der Waals surface area contributed by atoms with Gasteiger partial charge in [0.2, 0.25) is 0 Å². The Morgan fingerprint density at radius 2 is 2.08 bits per heavy atom. The minimum atomic E-state index is -0.227. The largest absolute Gasteiger partial charge is 0.392 e. The topological polar surface area (TPSA) is 32.3 Å². The van der Waals surface area contributed by atoms with Gasteiger partial charge in [-0.3, -0.25) is 0 Å². The summed E-state index contributed by atoms with van der Waals surface area (Å²) in [6, 6.07) is 0. The normalized spacial score (nSPS) is 13.4. The van der Waals surface area contributed by atoms with Gasteiger partial charge in [-0.2, -0.15) is 0 Å². The van der Waals surface area contributed by atoms with Crippen molar-refractivity contribution in [3.63, 3.8) is 0 Å². The molecule has 0 amide bonds. The molecule has 0 saturated carbocycles. The lowest BCUT2D eigenvalue weighted by Crippen LogP contribution is -2.31. The molecule has 0 radical (unpaired) electrons. The fraction of sp³-hybridized carbons (Fsp3) is 0.800. The van der Waals surface area contributed by atoms with Crippen molar-refractivity contribution in [1.29, 1.82) is 0 Å². The highest BCUT2D eigenvalue weighted by Gasteiger charge is 2.06. The number of aliphatic hydroxyl groups is 1. The van der Waals surface area contributed by atoms with Gasteiger partial charge in [0.15, 0.2) is 0 Å². The van der Waals surface area contributed by atoms with Crippen molar-refractivity contribution in [3.8, 4) is 0 Å². The number of hydrogen-bond acceptors (Lipinski definition) is 2. The number of rotatable bonds is 6. The molecule has 0 rings (SSSR count). The summed E-state index contributed by atoms with van der Waals surface area (Å²) < 4.78 is 0. The maximum atomic E-state index is 9.41. The van der Waals surface area contributed by atoms with Crippen molar-refractivity contribution in [2.24, 2.45) is 5.92 Å². The zero-order valence-electron chi connectivity index (χ0n) is 8.43. The van der Waals surface area contributed by atoms with Crippen LogP contribution in [-0.2, 0) is 0 Å². The van der Waals surface area contributed by atoms with E-state index in [1.807, 2.05) is 20.8 Å². The number of nitrogens with one attached hydrogen (secondary N) is 1. The third-order valence-corrected chi connectivity index (χ3v) is 1.85. The van der Waals surface area contributed by atoms with Gasteiger partial charge in [-0.15, -0.1) is 6.58 Å². The van der Waals surface area contributed by atoms with Crippen molar-refractivity contribution in [1.82, 2.24) is 5.32 Å². The van der Waals surface area contributed by atoms with E-state index in [2.05, 4.69) is 11.9 Å². The highest BCUT2D eigenvalue weighted by molar-refractivity contribution is 4.88. The lowest BCUT2D eigenvalue weighted by Gasteiger charge is -2.14. The first-order valence-electron chi connectivity index (χ1n) is 4.57. The maximum Gasteiger partial charge on any atom is 0.0687 e. The van der Waals surface area contributed by atoms with E-state index in [1.165, 1.54) is 5.57 Å². The van der Waals surface area contributed by atoms with E-state index >= 15 is 0 Å². The molecule has 0 aliphatic heterocycles. The molecule has 0 spiro atoms. The molecule has 0 aliphatic carbocycles. The molecule has 2 N–H and O–H groups in total. The Bertz CT molecular complexity index is 132. The van der Waals surface area contributed by atoms with Gasteiger partial charge in [0, 0.05) is 6.54 Å². The van der Waals surface area contributed by atoms with E-state index in [0.29, 0.717) is 12.5 Å². The van der Waals surface area contributed by atoms with Crippen LogP contribution in [0.4, 0.5) is 0 Å². The van der Waals surface area contributed by atoms with Crippen molar-refractivity contribution in [2.75, 3.05) is 13.1 Å². The molecule has 0 aromatic rings. The highest BCUT2D eigenvalue weighted by atomic mass is 16.3. The van der Waals surface area contributed by atoms with Crippen LogP contribution in [0.2, 0.25) is 0 Å². The molecule has 0 fully saturated rings. The Morgan fingerprint density at radius 1 is 1.50 bits per heavy atom. The Kier molecular flexibility index (Phi) is 6.03. The second-order valence-corrected chi connectivity index (χ2v) is 3.72. The smallest absolute Gasteiger partial charge is 0.0687 e. The Labute approximate surface area is 75.7 Å². The SMILES string of the molecule is C=C(C)CCNCC(O)C(C)C. The highest BCUT2D eigenvalue weighted by Crippen LogP contribution is 1.99. The molecule has 0 bridgehead atoms. The Morgan fingerprint density at radius 3 is 2.50 bits per heavy atom. The maximum absolute atomic E-state index is 9.41. The van der Waals surface area contributed by atoms with Crippen LogP contribution < -0.4 is 5.32 Å². The average molecular weight is 171 g/mol. The van der Waals surface area contributed by atoms with Gasteiger partial charge in [0.25, 0.3) is 0 Å². The van der Waals surface area contributed by atoms with Crippen LogP contribution in [0.3, 0.4) is 0 Å². The predicted octanol–water partition coefficient (Wildman–Crippen LogP) is 1.56. The van der Waals surface area contributed by atoms with Gasteiger partial charge >= 0.3 is 0 Å². The Balaban J connectivity index is 3.25. The second-order valence-electron chi connectivity index (χ2n) is 3.72. The Hall–Kier alpha value is -0.340. The monoisotopic (exact) mass is 171 g/mol. The minimum Gasteiger partial charge on any atom is -0.392 e. The lowest BCUT2D eigenvalue weighted by atomic mass is 10.1. The van der Waals surface area contributed by atoms with Gasteiger partial charge in [0.05, 0.1) is 6.10 Å². The molecule has 12 heavy (non-hydrogen) atoms. The van der Waals surface area contributed by atoms with Gasteiger partial charge in [-0.25, -0.2) is 0 Å². The molecule has 2 heteroatoms. The molecule has 0 aliphatic rings. The van der Waals surface area contributed by atoms with Crippen molar-refractivity contribution in [3.05, 3.63) is 12.2 Å². The molecule has 0 heterocycles.